The molecule has 2 aromatic rings. The molecule has 7 nitrogen and oxygen atoms in total. The van der Waals surface area contributed by atoms with Gasteiger partial charge in [-0.2, -0.15) is 5.26 Å². The summed E-state index contributed by atoms with van der Waals surface area (Å²) in [5.41, 5.74) is -0.314. The molecule has 0 aliphatic heterocycles. The molecular formula is C9H4N4O3. The Hall–Kier alpha value is -2.75. The number of hydrogen-bond acceptors (Lipinski definition) is 6. The highest BCUT2D eigenvalue weighted by Crippen LogP contribution is 2.21. The van der Waals surface area contributed by atoms with Crippen molar-refractivity contribution in [3.05, 3.63) is 40.4 Å². The van der Waals surface area contributed by atoms with E-state index in [0.717, 1.165) is 0 Å². The lowest BCUT2D eigenvalue weighted by Gasteiger charge is -1.96. The predicted molar refractivity (Wildman–Crippen MR) is 51.1 cm³/mol. The fourth-order valence-corrected chi connectivity index (χ4v) is 1.15. The van der Waals surface area contributed by atoms with Crippen molar-refractivity contribution in [2.45, 2.75) is 0 Å². The normalized spacial score (nSPS) is 9.69. The molecule has 0 fully saturated rings. The molecule has 0 aliphatic carbocycles. The summed E-state index contributed by atoms with van der Waals surface area (Å²) < 4.78 is 4.97. The zero-order valence-electron chi connectivity index (χ0n) is 7.82. The molecule has 0 spiro atoms. The lowest BCUT2D eigenvalue weighted by molar-refractivity contribution is -0.385. The second kappa shape index (κ2) is 3.78. The Balaban J connectivity index is 2.54. The van der Waals surface area contributed by atoms with Gasteiger partial charge in [0.25, 0.3) is 0 Å². The van der Waals surface area contributed by atoms with Gasteiger partial charge in [-0.3, -0.25) is 10.1 Å². The largest absolute Gasteiger partial charge is 0.443 e. The van der Waals surface area contributed by atoms with Gasteiger partial charge in [-0.1, -0.05) is 0 Å². The lowest BCUT2D eigenvalue weighted by atomic mass is 10.2. The second-order valence-electron chi connectivity index (χ2n) is 2.77. The maximum atomic E-state index is 10.6. The van der Waals surface area contributed by atoms with Crippen LogP contribution in [-0.4, -0.2) is 14.9 Å². The van der Waals surface area contributed by atoms with Gasteiger partial charge in [0, 0.05) is 6.07 Å². The van der Waals surface area contributed by atoms with Crippen LogP contribution < -0.4 is 0 Å². The van der Waals surface area contributed by atoms with Gasteiger partial charge in [0.2, 0.25) is 11.6 Å². The summed E-state index contributed by atoms with van der Waals surface area (Å²) in [6, 6.07) is 4.24. The van der Waals surface area contributed by atoms with Crippen LogP contribution >= 0.6 is 0 Å². The van der Waals surface area contributed by atoms with Gasteiger partial charge in [-0.05, 0) is 6.07 Å². The first-order valence-electron chi connectivity index (χ1n) is 4.18. The second-order valence-corrected chi connectivity index (χ2v) is 2.77. The first kappa shape index (κ1) is 9.79. The third-order valence-corrected chi connectivity index (χ3v) is 1.83. The van der Waals surface area contributed by atoms with Gasteiger partial charge in [0.1, 0.15) is 18.0 Å². The number of hydrogen-bond donors (Lipinski definition) is 0. The molecular weight excluding hydrogens is 212 g/mol. The van der Waals surface area contributed by atoms with Gasteiger partial charge in [0.15, 0.2) is 0 Å². The summed E-state index contributed by atoms with van der Waals surface area (Å²) in [6.45, 7) is 0. The van der Waals surface area contributed by atoms with Crippen LogP contribution in [0.4, 0.5) is 5.69 Å². The number of pyridine rings is 1. The number of aromatic nitrogens is 2. The van der Waals surface area contributed by atoms with Crippen LogP contribution in [0.2, 0.25) is 0 Å². The van der Waals surface area contributed by atoms with Gasteiger partial charge < -0.3 is 4.42 Å². The minimum atomic E-state index is -0.662. The van der Waals surface area contributed by atoms with E-state index in [0.29, 0.717) is 0 Å². The third-order valence-electron chi connectivity index (χ3n) is 1.83. The molecule has 16 heavy (non-hydrogen) atoms. The van der Waals surface area contributed by atoms with E-state index in [1.165, 1.54) is 24.6 Å². The molecule has 0 radical (unpaired) electrons. The topological polar surface area (TPSA) is 106 Å². The van der Waals surface area contributed by atoms with E-state index in [-0.39, 0.29) is 23.0 Å². The fourth-order valence-electron chi connectivity index (χ4n) is 1.15. The molecule has 0 N–H and O–H groups in total. The summed E-state index contributed by atoms with van der Waals surface area (Å²) in [5.74, 6) is 0.214. The Morgan fingerprint density at radius 2 is 2.31 bits per heavy atom. The summed E-state index contributed by atoms with van der Waals surface area (Å²) in [6.07, 6.45) is 2.77. The summed E-state index contributed by atoms with van der Waals surface area (Å²) in [7, 11) is 0. The van der Waals surface area contributed by atoms with Crippen molar-refractivity contribution in [3.8, 4) is 17.7 Å². The van der Waals surface area contributed by atoms with Crippen LogP contribution in [0.25, 0.3) is 11.6 Å². The lowest BCUT2D eigenvalue weighted by Crippen LogP contribution is -1.96. The molecule has 0 saturated carbocycles. The maximum absolute atomic E-state index is 10.6. The van der Waals surface area contributed by atoms with Gasteiger partial charge in [0.05, 0.1) is 11.1 Å². The number of nitrogens with zero attached hydrogens (tertiary/aromatic N) is 4. The molecule has 7 heteroatoms. The molecule has 2 rings (SSSR count). The highest BCUT2D eigenvalue weighted by atomic mass is 16.6. The van der Waals surface area contributed by atoms with E-state index in [1.807, 2.05) is 0 Å². The van der Waals surface area contributed by atoms with Gasteiger partial charge in [-0.25, -0.2) is 9.97 Å². The van der Waals surface area contributed by atoms with E-state index < -0.39 is 4.92 Å². The van der Waals surface area contributed by atoms with Crippen LogP contribution in [0.1, 0.15) is 5.69 Å². The average molecular weight is 216 g/mol. The van der Waals surface area contributed by atoms with E-state index in [2.05, 4.69) is 9.97 Å². The Bertz CT molecular complexity index is 571. The smallest absolute Gasteiger partial charge is 0.305 e. The van der Waals surface area contributed by atoms with Crippen molar-refractivity contribution < 1.29 is 9.34 Å². The molecule has 0 unspecified atom stereocenters. The molecule has 0 amide bonds. The Kier molecular flexibility index (Phi) is 2.31. The molecule has 0 saturated heterocycles. The van der Waals surface area contributed by atoms with Crippen molar-refractivity contribution in [1.82, 2.24) is 9.97 Å². The minimum Gasteiger partial charge on any atom is -0.443 e. The first-order chi connectivity index (χ1) is 7.72. The van der Waals surface area contributed by atoms with Gasteiger partial charge >= 0.3 is 5.69 Å². The van der Waals surface area contributed by atoms with E-state index in [1.54, 1.807) is 6.07 Å². The van der Waals surface area contributed by atoms with Crippen molar-refractivity contribution in [3.63, 3.8) is 0 Å². The average Bonchev–Trinajstić information content (AvgIpc) is 2.81. The maximum Gasteiger partial charge on any atom is 0.305 e. The van der Waals surface area contributed by atoms with Gasteiger partial charge in [-0.15, -0.1) is 0 Å². The number of rotatable bonds is 2. The fraction of sp³-hybridized carbons (Fsp3) is 0. The van der Waals surface area contributed by atoms with Crippen LogP contribution in [0.15, 0.2) is 29.0 Å². The molecule has 0 atom stereocenters. The predicted octanol–water partition coefficient (Wildman–Crippen LogP) is 1.52. The highest BCUT2D eigenvalue weighted by molar-refractivity contribution is 5.54. The Morgan fingerprint density at radius 1 is 1.50 bits per heavy atom. The third kappa shape index (κ3) is 1.59. The van der Waals surface area contributed by atoms with Crippen LogP contribution in [-0.2, 0) is 0 Å². The molecule has 78 valence electrons. The summed E-state index contributed by atoms with van der Waals surface area (Å²) in [4.78, 5) is 17.5. The van der Waals surface area contributed by atoms with Crippen LogP contribution in [0, 0.1) is 21.4 Å². The molecule has 2 heterocycles. The van der Waals surface area contributed by atoms with Crippen molar-refractivity contribution in [2.24, 2.45) is 0 Å². The number of nitriles is 1. The van der Waals surface area contributed by atoms with E-state index in [4.69, 9.17) is 9.68 Å². The molecule has 0 aliphatic rings. The Labute approximate surface area is 89.1 Å². The van der Waals surface area contributed by atoms with Crippen molar-refractivity contribution >= 4 is 5.69 Å². The number of nitro groups is 1. The zero-order chi connectivity index (χ0) is 11.5. The summed E-state index contributed by atoms with van der Waals surface area (Å²) >= 11 is 0. The van der Waals surface area contributed by atoms with E-state index in [9.17, 15) is 10.1 Å². The SMILES string of the molecule is N#Cc1nc(-c2ncco2)ccc1[N+](=O)[O-]. The molecule has 0 aromatic carbocycles. The Morgan fingerprint density at radius 3 is 2.88 bits per heavy atom. The quantitative estimate of drug-likeness (QED) is 0.556. The minimum absolute atomic E-state index is 0.214. The monoisotopic (exact) mass is 216 g/mol. The van der Waals surface area contributed by atoms with E-state index >= 15 is 0 Å². The summed E-state index contributed by atoms with van der Waals surface area (Å²) in [5, 5.41) is 19.3. The first-order valence-corrected chi connectivity index (χ1v) is 4.18. The van der Waals surface area contributed by atoms with Crippen LogP contribution in [0.5, 0.6) is 0 Å². The molecule has 0 bridgehead atoms. The number of oxazole rings is 1. The van der Waals surface area contributed by atoms with Crippen molar-refractivity contribution in [2.75, 3.05) is 0 Å². The highest BCUT2D eigenvalue weighted by Gasteiger charge is 2.17. The van der Waals surface area contributed by atoms with Crippen molar-refractivity contribution in [1.29, 1.82) is 5.26 Å². The molecule has 2 aromatic heterocycles. The standard InChI is InChI=1S/C9H4N4O3/c10-5-7-8(13(14)15)2-1-6(12-7)9-11-3-4-16-9/h1-4H. The van der Waals surface area contributed by atoms with Crippen LogP contribution in [0.3, 0.4) is 0 Å². The zero-order valence-corrected chi connectivity index (χ0v) is 7.82.